The molecule has 0 saturated heterocycles. The van der Waals surface area contributed by atoms with Gasteiger partial charge in [-0.25, -0.2) is 4.90 Å². The topological polar surface area (TPSA) is 63.7 Å². The van der Waals surface area contributed by atoms with Gasteiger partial charge >= 0.3 is 5.97 Å². The first kappa shape index (κ1) is 15.2. The van der Waals surface area contributed by atoms with E-state index in [1.165, 1.54) is 20.8 Å². The van der Waals surface area contributed by atoms with Gasteiger partial charge in [0.15, 0.2) is 0 Å². The average molecular weight is 284 g/mol. The number of esters is 1. The van der Waals surface area contributed by atoms with Gasteiger partial charge in [-0.3, -0.25) is 14.4 Å². The first-order valence-corrected chi connectivity index (χ1v) is 5.93. The van der Waals surface area contributed by atoms with Gasteiger partial charge in [-0.2, -0.15) is 0 Å². The van der Waals surface area contributed by atoms with Crippen molar-refractivity contribution in [3.8, 4) is 0 Å². The van der Waals surface area contributed by atoms with Gasteiger partial charge in [0.25, 0.3) is 0 Å². The lowest BCUT2D eigenvalue weighted by Crippen LogP contribution is -2.33. The number of anilines is 1. The molecule has 0 bridgehead atoms. The molecule has 0 atom stereocenters. The highest BCUT2D eigenvalue weighted by Crippen LogP contribution is 2.27. The second kappa shape index (κ2) is 6.33. The van der Waals surface area contributed by atoms with E-state index in [-0.39, 0.29) is 11.6 Å². The van der Waals surface area contributed by atoms with Crippen molar-refractivity contribution in [3.05, 3.63) is 28.8 Å². The molecule has 0 aliphatic rings. The summed E-state index contributed by atoms with van der Waals surface area (Å²) in [5.41, 5.74) is 0.990. The van der Waals surface area contributed by atoms with E-state index < -0.39 is 17.8 Å². The Morgan fingerprint density at radius 1 is 1.16 bits per heavy atom. The lowest BCUT2D eigenvalue weighted by Gasteiger charge is -2.19. The normalized spacial score (nSPS) is 9.89. The zero-order chi connectivity index (χ0) is 14.6. The van der Waals surface area contributed by atoms with Crippen molar-refractivity contribution in [1.82, 2.24) is 0 Å². The van der Waals surface area contributed by atoms with Crippen LogP contribution in [0.1, 0.15) is 26.3 Å². The quantitative estimate of drug-likeness (QED) is 0.799. The third-order valence-electron chi connectivity index (χ3n) is 2.32. The van der Waals surface area contributed by atoms with E-state index in [1.807, 2.05) is 0 Å². The minimum absolute atomic E-state index is 0.0927. The molecule has 1 aromatic rings. The molecule has 1 aromatic carbocycles. The Morgan fingerprint density at radius 2 is 1.74 bits per heavy atom. The summed E-state index contributed by atoms with van der Waals surface area (Å²) in [4.78, 5) is 34.5. The maximum absolute atomic E-state index is 11.4. The number of amides is 2. The van der Waals surface area contributed by atoms with Gasteiger partial charge in [-0.1, -0.05) is 17.7 Å². The molecule has 6 heteroatoms. The SMILES string of the molecule is CC(=O)OCc1ccc(N(C(C)=O)C(C)=O)c(Cl)c1. The van der Waals surface area contributed by atoms with Crippen LogP contribution in [0.4, 0.5) is 5.69 Å². The minimum Gasteiger partial charge on any atom is -0.461 e. The smallest absolute Gasteiger partial charge is 0.302 e. The minimum atomic E-state index is -0.415. The summed E-state index contributed by atoms with van der Waals surface area (Å²) in [5, 5.41) is 0.245. The predicted octanol–water partition coefficient (Wildman–Crippen LogP) is 2.30. The van der Waals surface area contributed by atoms with Crippen LogP contribution in [-0.4, -0.2) is 17.8 Å². The van der Waals surface area contributed by atoms with Crippen molar-refractivity contribution < 1.29 is 19.1 Å². The second-order valence-corrected chi connectivity index (χ2v) is 4.35. The van der Waals surface area contributed by atoms with Gasteiger partial charge in [0.1, 0.15) is 6.61 Å². The summed E-state index contributed by atoms with van der Waals surface area (Å²) >= 11 is 6.04. The van der Waals surface area contributed by atoms with Crippen LogP contribution in [0, 0.1) is 0 Å². The van der Waals surface area contributed by atoms with Gasteiger partial charge in [0.2, 0.25) is 11.8 Å². The summed E-state index contributed by atoms with van der Waals surface area (Å²) in [7, 11) is 0. The van der Waals surface area contributed by atoms with E-state index >= 15 is 0 Å². The Hall–Kier alpha value is -1.88. The molecular formula is C13H14ClNO4. The predicted molar refractivity (Wildman–Crippen MR) is 70.8 cm³/mol. The Bertz CT molecular complexity index is 513. The third-order valence-corrected chi connectivity index (χ3v) is 2.63. The molecule has 19 heavy (non-hydrogen) atoms. The van der Waals surface area contributed by atoms with Crippen LogP contribution in [0.3, 0.4) is 0 Å². The van der Waals surface area contributed by atoms with Crippen LogP contribution in [0.15, 0.2) is 18.2 Å². The van der Waals surface area contributed by atoms with Crippen molar-refractivity contribution in [2.75, 3.05) is 4.90 Å². The summed E-state index contributed by atoms with van der Waals surface area (Å²) in [6.45, 7) is 3.97. The number of carbonyl (C=O) groups is 3. The first-order chi connectivity index (χ1) is 8.82. The molecule has 0 aliphatic heterocycles. The molecule has 5 nitrogen and oxygen atoms in total. The summed E-state index contributed by atoms with van der Waals surface area (Å²) < 4.78 is 4.83. The number of benzene rings is 1. The van der Waals surface area contributed by atoms with Crippen LogP contribution in [0.5, 0.6) is 0 Å². The highest BCUT2D eigenvalue weighted by atomic mass is 35.5. The Morgan fingerprint density at radius 3 is 2.16 bits per heavy atom. The van der Waals surface area contributed by atoms with Crippen LogP contribution in [0.25, 0.3) is 0 Å². The van der Waals surface area contributed by atoms with Crippen molar-refractivity contribution in [1.29, 1.82) is 0 Å². The molecule has 0 N–H and O–H groups in total. The lowest BCUT2D eigenvalue weighted by atomic mass is 10.2. The molecule has 0 heterocycles. The molecule has 0 unspecified atom stereocenters. The van der Waals surface area contributed by atoms with Gasteiger partial charge in [0.05, 0.1) is 10.7 Å². The Labute approximate surface area is 116 Å². The number of carbonyl (C=O) groups excluding carboxylic acids is 3. The van der Waals surface area contributed by atoms with Crippen LogP contribution in [-0.2, 0) is 25.7 Å². The fourth-order valence-electron chi connectivity index (χ4n) is 1.57. The number of halogens is 1. The van der Waals surface area contributed by atoms with Crippen molar-refractivity contribution in [2.45, 2.75) is 27.4 Å². The van der Waals surface area contributed by atoms with E-state index in [0.717, 1.165) is 4.90 Å². The Balaban J connectivity index is 3.02. The monoisotopic (exact) mass is 283 g/mol. The van der Waals surface area contributed by atoms with E-state index in [4.69, 9.17) is 16.3 Å². The van der Waals surface area contributed by atoms with Gasteiger partial charge in [0, 0.05) is 20.8 Å². The molecule has 0 aromatic heterocycles. The summed E-state index contributed by atoms with van der Waals surface area (Å²) in [6.07, 6.45) is 0. The third kappa shape index (κ3) is 4.06. The second-order valence-electron chi connectivity index (χ2n) is 3.94. The summed E-state index contributed by atoms with van der Waals surface area (Å²) in [5.74, 6) is -1.22. The highest BCUT2D eigenvalue weighted by molar-refractivity contribution is 6.35. The largest absolute Gasteiger partial charge is 0.461 e. The van der Waals surface area contributed by atoms with E-state index in [1.54, 1.807) is 18.2 Å². The van der Waals surface area contributed by atoms with E-state index in [2.05, 4.69) is 0 Å². The number of rotatable bonds is 3. The van der Waals surface area contributed by atoms with Crippen LogP contribution in [0.2, 0.25) is 5.02 Å². The summed E-state index contributed by atoms with van der Waals surface area (Å²) in [6, 6.07) is 4.74. The number of hydrogen-bond acceptors (Lipinski definition) is 4. The molecule has 0 fully saturated rings. The number of ether oxygens (including phenoxy) is 1. The molecule has 1 rings (SSSR count). The standard InChI is InChI=1S/C13H14ClNO4/c1-8(16)15(9(2)17)13-5-4-11(6-12(13)14)7-19-10(3)18/h4-6H,7H2,1-3H3. The molecule has 102 valence electrons. The van der Waals surface area contributed by atoms with Crippen molar-refractivity contribution in [2.24, 2.45) is 0 Å². The van der Waals surface area contributed by atoms with Gasteiger partial charge in [-0.15, -0.1) is 0 Å². The van der Waals surface area contributed by atoms with Crippen LogP contribution >= 0.6 is 11.6 Å². The average Bonchev–Trinajstić information content (AvgIpc) is 2.28. The fraction of sp³-hybridized carbons (Fsp3) is 0.308. The number of hydrogen-bond donors (Lipinski definition) is 0. The first-order valence-electron chi connectivity index (χ1n) is 5.56. The maximum atomic E-state index is 11.4. The maximum Gasteiger partial charge on any atom is 0.302 e. The van der Waals surface area contributed by atoms with Crippen LogP contribution < -0.4 is 4.90 Å². The lowest BCUT2D eigenvalue weighted by molar-refractivity contribution is -0.142. The zero-order valence-electron chi connectivity index (χ0n) is 10.9. The number of nitrogens with zero attached hydrogens (tertiary/aromatic N) is 1. The van der Waals surface area contributed by atoms with Crippen molar-refractivity contribution in [3.63, 3.8) is 0 Å². The van der Waals surface area contributed by atoms with Gasteiger partial charge < -0.3 is 4.74 Å². The molecule has 0 spiro atoms. The number of imide groups is 1. The molecule has 0 saturated carbocycles. The molecule has 0 aliphatic carbocycles. The zero-order valence-corrected chi connectivity index (χ0v) is 11.7. The fourth-order valence-corrected chi connectivity index (χ4v) is 1.86. The molecule has 2 amide bonds. The molecule has 0 radical (unpaired) electrons. The van der Waals surface area contributed by atoms with E-state index in [0.29, 0.717) is 11.3 Å². The van der Waals surface area contributed by atoms with Crippen molar-refractivity contribution >= 4 is 35.1 Å². The van der Waals surface area contributed by atoms with Gasteiger partial charge in [-0.05, 0) is 17.7 Å². The Kier molecular flexibility index (Phi) is 5.06. The highest BCUT2D eigenvalue weighted by Gasteiger charge is 2.19. The molecular weight excluding hydrogens is 270 g/mol. The van der Waals surface area contributed by atoms with E-state index in [9.17, 15) is 14.4 Å².